The molecule has 252 valence electrons. The zero-order valence-electron chi connectivity index (χ0n) is 28.9. The standard InChI is InChI=1S/C49H29N3O2/c1-3-11-30(12-4-1)31-21-23-33(24-22-31)48-50-47(32-13-5-2-6-14-32)51-49(52-48)35-25-26-39-44(28-35)54-43-20-10-18-38(46(39)43)36-17-9-15-34-27-45-41(29-40(34)36)37-16-7-8-19-42(37)53-45/h1-29H. The molecule has 11 aromatic rings. The van der Waals surface area contributed by atoms with E-state index in [1.165, 1.54) is 0 Å². The Labute approximate surface area is 309 Å². The zero-order valence-corrected chi connectivity index (χ0v) is 28.9. The minimum Gasteiger partial charge on any atom is -0.456 e. The van der Waals surface area contributed by atoms with Crippen molar-refractivity contribution in [2.24, 2.45) is 0 Å². The van der Waals surface area contributed by atoms with Gasteiger partial charge in [0.2, 0.25) is 0 Å². The summed E-state index contributed by atoms with van der Waals surface area (Å²) in [6, 6.07) is 60.5. The number of hydrogen-bond acceptors (Lipinski definition) is 5. The van der Waals surface area contributed by atoms with Crippen LogP contribution in [0.5, 0.6) is 0 Å². The SMILES string of the molecule is c1ccc(-c2ccc(-c3nc(-c4ccccc4)nc(-c4ccc5c(c4)oc4cccc(-c6cccc7cc8oc9ccccc9c8cc67)c45)n3)cc2)cc1. The number of benzene rings is 8. The largest absolute Gasteiger partial charge is 0.456 e. The monoisotopic (exact) mass is 691 g/mol. The molecule has 0 aliphatic rings. The van der Waals surface area contributed by atoms with Crippen molar-refractivity contribution in [3.8, 4) is 56.4 Å². The molecular formula is C49H29N3O2. The van der Waals surface area contributed by atoms with Crippen LogP contribution in [0.4, 0.5) is 0 Å². The number of hydrogen-bond donors (Lipinski definition) is 0. The fourth-order valence-electron chi connectivity index (χ4n) is 7.71. The summed E-state index contributed by atoms with van der Waals surface area (Å²) in [4.78, 5) is 15.0. The number of furan rings is 2. The highest BCUT2D eigenvalue weighted by Crippen LogP contribution is 2.42. The van der Waals surface area contributed by atoms with E-state index in [4.69, 9.17) is 23.8 Å². The molecule has 5 nitrogen and oxygen atoms in total. The molecule has 0 N–H and O–H groups in total. The van der Waals surface area contributed by atoms with Crippen LogP contribution in [-0.4, -0.2) is 15.0 Å². The Kier molecular flexibility index (Phi) is 6.79. The van der Waals surface area contributed by atoms with Crippen molar-refractivity contribution in [2.75, 3.05) is 0 Å². The van der Waals surface area contributed by atoms with E-state index < -0.39 is 0 Å². The van der Waals surface area contributed by atoms with Crippen LogP contribution >= 0.6 is 0 Å². The Balaban J connectivity index is 1.05. The van der Waals surface area contributed by atoms with Gasteiger partial charge in [-0.2, -0.15) is 0 Å². The molecule has 0 saturated heterocycles. The first-order chi connectivity index (χ1) is 26.7. The van der Waals surface area contributed by atoms with Crippen molar-refractivity contribution < 1.29 is 8.83 Å². The highest BCUT2D eigenvalue weighted by Gasteiger charge is 2.18. The Morgan fingerprint density at radius 2 is 0.852 bits per heavy atom. The van der Waals surface area contributed by atoms with E-state index in [1.807, 2.05) is 54.6 Å². The zero-order chi connectivity index (χ0) is 35.6. The molecular weight excluding hydrogens is 663 g/mol. The second-order valence-corrected chi connectivity index (χ2v) is 13.6. The summed E-state index contributed by atoms with van der Waals surface area (Å²) in [5.41, 5.74) is 10.6. The second kappa shape index (κ2) is 12.1. The number of para-hydroxylation sites is 1. The molecule has 0 aliphatic heterocycles. The van der Waals surface area contributed by atoms with Crippen molar-refractivity contribution in [3.63, 3.8) is 0 Å². The number of nitrogens with zero attached hydrogens (tertiary/aromatic N) is 3. The number of fused-ring (bicyclic) bond motifs is 7. The van der Waals surface area contributed by atoms with Crippen LogP contribution in [0.2, 0.25) is 0 Å². The van der Waals surface area contributed by atoms with E-state index in [-0.39, 0.29) is 0 Å². The highest BCUT2D eigenvalue weighted by molar-refractivity contribution is 6.18. The third-order valence-corrected chi connectivity index (χ3v) is 10.3. The summed E-state index contributed by atoms with van der Waals surface area (Å²) in [5, 5.41) is 6.62. The van der Waals surface area contributed by atoms with Crippen LogP contribution in [0.1, 0.15) is 0 Å². The van der Waals surface area contributed by atoms with E-state index in [2.05, 4.69) is 121 Å². The van der Waals surface area contributed by atoms with Gasteiger partial charge in [0.25, 0.3) is 0 Å². The molecule has 0 aliphatic carbocycles. The number of aromatic nitrogens is 3. The lowest BCUT2D eigenvalue weighted by atomic mass is 9.93. The van der Waals surface area contributed by atoms with Gasteiger partial charge in [0.15, 0.2) is 17.5 Å². The van der Waals surface area contributed by atoms with Crippen LogP contribution < -0.4 is 0 Å². The minimum atomic E-state index is 0.582. The lowest BCUT2D eigenvalue weighted by Gasteiger charge is -2.10. The molecule has 0 radical (unpaired) electrons. The summed E-state index contributed by atoms with van der Waals surface area (Å²) < 4.78 is 12.8. The van der Waals surface area contributed by atoms with Crippen molar-refractivity contribution in [1.82, 2.24) is 15.0 Å². The summed E-state index contributed by atoms with van der Waals surface area (Å²) >= 11 is 0. The first kappa shape index (κ1) is 30.3. The average Bonchev–Trinajstić information content (AvgIpc) is 3.81. The van der Waals surface area contributed by atoms with Gasteiger partial charge in [-0.15, -0.1) is 0 Å². The topological polar surface area (TPSA) is 65.0 Å². The Hall–Kier alpha value is -7.37. The maximum Gasteiger partial charge on any atom is 0.164 e. The molecule has 8 aromatic carbocycles. The van der Waals surface area contributed by atoms with Crippen molar-refractivity contribution in [3.05, 3.63) is 176 Å². The summed E-state index contributed by atoms with van der Waals surface area (Å²) in [5.74, 6) is 1.81. The van der Waals surface area contributed by atoms with Gasteiger partial charge in [-0.3, -0.25) is 0 Å². The second-order valence-electron chi connectivity index (χ2n) is 13.6. The summed E-state index contributed by atoms with van der Waals surface area (Å²) in [6.45, 7) is 0. The third kappa shape index (κ3) is 4.98. The first-order valence-corrected chi connectivity index (χ1v) is 18.0. The van der Waals surface area contributed by atoms with Crippen molar-refractivity contribution in [1.29, 1.82) is 0 Å². The van der Waals surface area contributed by atoms with E-state index in [0.29, 0.717) is 17.5 Å². The van der Waals surface area contributed by atoms with Gasteiger partial charge in [-0.25, -0.2) is 15.0 Å². The predicted octanol–water partition coefficient (Wildman–Crippen LogP) is 13.2. The predicted molar refractivity (Wildman–Crippen MR) is 219 cm³/mol. The van der Waals surface area contributed by atoms with Crippen molar-refractivity contribution >= 4 is 54.6 Å². The van der Waals surface area contributed by atoms with Gasteiger partial charge in [0, 0.05) is 38.2 Å². The molecule has 0 unspecified atom stereocenters. The van der Waals surface area contributed by atoms with Crippen LogP contribution in [0.3, 0.4) is 0 Å². The first-order valence-electron chi connectivity index (χ1n) is 18.0. The van der Waals surface area contributed by atoms with E-state index in [9.17, 15) is 0 Å². The lowest BCUT2D eigenvalue weighted by molar-refractivity contribution is 0.669. The molecule has 0 bridgehead atoms. The highest BCUT2D eigenvalue weighted by atomic mass is 16.3. The maximum absolute atomic E-state index is 6.60. The molecule has 0 fully saturated rings. The normalized spacial score (nSPS) is 11.7. The quantitative estimate of drug-likeness (QED) is 0.180. The molecule has 3 heterocycles. The molecule has 0 spiro atoms. The van der Waals surface area contributed by atoms with Gasteiger partial charge in [-0.05, 0) is 69.4 Å². The van der Waals surface area contributed by atoms with Crippen LogP contribution in [0.15, 0.2) is 185 Å². The minimum absolute atomic E-state index is 0.582. The van der Waals surface area contributed by atoms with Crippen LogP contribution in [0.25, 0.3) is 111 Å². The van der Waals surface area contributed by atoms with Gasteiger partial charge in [0.05, 0.1) is 0 Å². The average molecular weight is 692 g/mol. The molecule has 54 heavy (non-hydrogen) atoms. The summed E-state index contributed by atoms with van der Waals surface area (Å²) in [7, 11) is 0. The number of rotatable bonds is 5. The fourth-order valence-corrected chi connectivity index (χ4v) is 7.71. The third-order valence-electron chi connectivity index (χ3n) is 10.3. The molecule has 3 aromatic heterocycles. The molecule has 0 atom stereocenters. The smallest absolute Gasteiger partial charge is 0.164 e. The van der Waals surface area contributed by atoms with Crippen molar-refractivity contribution in [2.45, 2.75) is 0 Å². The van der Waals surface area contributed by atoms with E-state index in [0.717, 1.165) is 93.6 Å². The van der Waals surface area contributed by atoms with E-state index in [1.54, 1.807) is 0 Å². The molecule has 11 rings (SSSR count). The molecule has 0 amide bonds. The molecule has 0 saturated carbocycles. The van der Waals surface area contributed by atoms with E-state index >= 15 is 0 Å². The molecule has 5 heteroatoms. The van der Waals surface area contributed by atoms with Gasteiger partial charge in [0.1, 0.15) is 22.3 Å². The Morgan fingerprint density at radius 1 is 0.296 bits per heavy atom. The summed E-state index contributed by atoms with van der Waals surface area (Å²) in [6.07, 6.45) is 0. The Morgan fingerprint density at radius 3 is 1.65 bits per heavy atom. The van der Waals surface area contributed by atoms with Crippen LogP contribution in [0, 0.1) is 0 Å². The van der Waals surface area contributed by atoms with Gasteiger partial charge < -0.3 is 8.83 Å². The van der Waals surface area contributed by atoms with Gasteiger partial charge in [-0.1, -0.05) is 140 Å². The maximum atomic E-state index is 6.60. The van der Waals surface area contributed by atoms with Gasteiger partial charge >= 0.3 is 0 Å². The Bertz CT molecular complexity index is 3200. The van der Waals surface area contributed by atoms with Crippen LogP contribution in [-0.2, 0) is 0 Å². The fraction of sp³-hybridized carbons (Fsp3) is 0. The lowest BCUT2D eigenvalue weighted by Crippen LogP contribution is -2.00.